The van der Waals surface area contributed by atoms with E-state index in [2.05, 4.69) is 0 Å². The summed E-state index contributed by atoms with van der Waals surface area (Å²) in [6.07, 6.45) is 0.435. The van der Waals surface area contributed by atoms with Crippen LogP contribution in [0.2, 0.25) is 0 Å². The average Bonchev–Trinajstić information content (AvgIpc) is 2.67. The normalized spacial score (nSPS) is 25.9. The molecule has 1 amide bonds. The quantitative estimate of drug-likeness (QED) is 0.691. The summed E-state index contributed by atoms with van der Waals surface area (Å²) in [5, 5.41) is 8.97. The maximum absolute atomic E-state index is 11.9. The van der Waals surface area contributed by atoms with Crippen molar-refractivity contribution in [1.82, 2.24) is 4.90 Å². The van der Waals surface area contributed by atoms with Gasteiger partial charge >= 0.3 is 5.97 Å². The molecule has 6 heteroatoms. The lowest BCUT2D eigenvalue weighted by molar-refractivity contribution is -0.143. The lowest BCUT2D eigenvalue weighted by Crippen LogP contribution is -2.40. The third-order valence-electron chi connectivity index (χ3n) is 3.39. The molecular weight excluding hydrogens is 224 g/mol. The Labute approximate surface area is 101 Å². The number of likely N-dealkylation sites (tertiary alicyclic amines) is 1. The Bertz CT molecular complexity index is 291. The van der Waals surface area contributed by atoms with Gasteiger partial charge in [-0.05, 0) is 13.3 Å². The van der Waals surface area contributed by atoms with Gasteiger partial charge in [-0.1, -0.05) is 0 Å². The van der Waals surface area contributed by atoms with Crippen LogP contribution in [-0.4, -0.2) is 54.2 Å². The highest BCUT2D eigenvalue weighted by molar-refractivity contribution is 5.79. The van der Waals surface area contributed by atoms with E-state index in [-0.39, 0.29) is 31.0 Å². The van der Waals surface area contributed by atoms with Crippen molar-refractivity contribution in [2.75, 3.05) is 20.2 Å². The van der Waals surface area contributed by atoms with E-state index >= 15 is 0 Å². The molecule has 6 nitrogen and oxygen atoms in total. The number of hydrogen-bond acceptors (Lipinski definition) is 4. The average molecular weight is 244 g/mol. The first-order chi connectivity index (χ1) is 8.01. The number of hydrogen-bond donors (Lipinski definition) is 2. The van der Waals surface area contributed by atoms with Gasteiger partial charge in [-0.3, -0.25) is 9.59 Å². The van der Waals surface area contributed by atoms with Crippen LogP contribution in [0.1, 0.15) is 19.8 Å². The molecule has 0 radical (unpaired) electrons. The molecule has 3 atom stereocenters. The second-order valence-electron chi connectivity index (χ2n) is 4.36. The number of ether oxygens (including phenoxy) is 1. The number of carboxylic acids is 1. The van der Waals surface area contributed by atoms with Crippen LogP contribution in [0.4, 0.5) is 0 Å². The maximum atomic E-state index is 11.9. The van der Waals surface area contributed by atoms with E-state index in [1.165, 1.54) is 7.11 Å². The van der Waals surface area contributed by atoms with Crippen molar-refractivity contribution in [3.8, 4) is 0 Å². The molecular formula is C11H20N2O4. The number of amides is 1. The zero-order chi connectivity index (χ0) is 13.0. The molecule has 0 bridgehead atoms. The van der Waals surface area contributed by atoms with Crippen molar-refractivity contribution in [2.45, 2.75) is 31.9 Å². The molecule has 1 saturated heterocycles. The summed E-state index contributed by atoms with van der Waals surface area (Å²) < 4.78 is 5.05. The molecule has 1 rings (SSSR count). The molecule has 98 valence electrons. The smallest absolute Gasteiger partial charge is 0.308 e. The topological polar surface area (TPSA) is 92.9 Å². The minimum absolute atomic E-state index is 0.0847. The highest BCUT2D eigenvalue weighted by Crippen LogP contribution is 2.25. The Balaban J connectivity index is 2.57. The van der Waals surface area contributed by atoms with E-state index in [1.807, 2.05) is 0 Å². The Morgan fingerprint density at radius 3 is 2.65 bits per heavy atom. The Hall–Kier alpha value is -1.14. The lowest BCUT2D eigenvalue weighted by atomic mass is 10.0. The van der Waals surface area contributed by atoms with Crippen LogP contribution in [0.15, 0.2) is 0 Å². The van der Waals surface area contributed by atoms with Crippen molar-refractivity contribution in [3.63, 3.8) is 0 Å². The number of carbonyl (C=O) groups is 2. The summed E-state index contributed by atoms with van der Waals surface area (Å²) in [7, 11) is 1.51. The van der Waals surface area contributed by atoms with Gasteiger partial charge in [0.25, 0.3) is 0 Å². The molecule has 0 saturated carbocycles. The van der Waals surface area contributed by atoms with Gasteiger partial charge in [-0.25, -0.2) is 0 Å². The number of carboxylic acid groups (broad SMARTS) is 1. The van der Waals surface area contributed by atoms with Crippen molar-refractivity contribution < 1.29 is 19.4 Å². The van der Waals surface area contributed by atoms with Crippen molar-refractivity contribution in [1.29, 1.82) is 0 Å². The fourth-order valence-corrected chi connectivity index (χ4v) is 2.20. The molecule has 0 aromatic carbocycles. The predicted octanol–water partition coefficient (Wildman–Crippen LogP) is -0.328. The summed E-state index contributed by atoms with van der Waals surface area (Å²) in [5.41, 5.74) is 5.45. The van der Waals surface area contributed by atoms with Crippen LogP contribution in [0.3, 0.4) is 0 Å². The first-order valence-corrected chi connectivity index (χ1v) is 5.76. The van der Waals surface area contributed by atoms with Crippen LogP contribution in [0, 0.1) is 5.92 Å². The fraction of sp³-hybridized carbons (Fsp3) is 0.818. The minimum Gasteiger partial charge on any atom is -0.481 e. The largest absolute Gasteiger partial charge is 0.481 e. The molecule has 0 aliphatic carbocycles. The SMILES string of the molecule is COC(CN)CC(=O)N1CCC(C(=O)O)C1C. The van der Waals surface area contributed by atoms with Gasteiger partial charge in [-0.15, -0.1) is 0 Å². The molecule has 3 N–H and O–H groups in total. The number of nitrogens with two attached hydrogens (primary N) is 1. The molecule has 0 aromatic heterocycles. The molecule has 1 aliphatic rings. The molecule has 1 aliphatic heterocycles. The standard InChI is InChI=1S/C11H20N2O4/c1-7-9(11(15)16)3-4-13(7)10(14)5-8(6-12)17-2/h7-9H,3-6,12H2,1-2H3,(H,15,16). The summed E-state index contributed by atoms with van der Waals surface area (Å²) in [5.74, 6) is -1.38. The zero-order valence-corrected chi connectivity index (χ0v) is 10.3. The van der Waals surface area contributed by atoms with Crippen LogP contribution in [0.5, 0.6) is 0 Å². The summed E-state index contributed by atoms with van der Waals surface area (Å²) in [4.78, 5) is 24.5. The lowest BCUT2D eigenvalue weighted by Gasteiger charge is -2.25. The van der Waals surface area contributed by atoms with E-state index in [4.69, 9.17) is 15.6 Å². The molecule has 0 aromatic rings. The summed E-state index contributed by atoms with van der Waals surface area (Å²) >= 11 is 0. The second kappa shape index (κ2) is 5.97. The van der Waals surface area contributed by atoms with E-state index in [0.29, 0.717) is 13.0 Å². The summed E-state index contributed by atoms with van der Waals surface area (Å²) in [6, 6.07) is -0.254. The first-order valence-electron chi connectivity index (χ1n) is 5.76. The molecule has 1 fully saturated rings. The maximum Gasteiger partial charge on any atom is 0.308 e. The van der Waals surface area contributed by atoms with Crippen molar-refractivity contribution in [3.05, 3.63) is 0 Å². The van der Waals surface area contributed by atoms with E-state index in [9.17, 15) is 9.59 Å². The second-order valence-corrected chi connectivity index (χ2v) is 4.36. The number of carbonyl (C=O) groups excluding carboxylic acids is 1. The first kappa shape index (κ1) is 13.9. The fourth-order valence-electron chi connectivity index (χ4n) is 2.20. The third-order valence-corrected chi connectivity index (χ3v) is 3.39. The molecule has 0 spiro atoms. The monoisotopic (exact) mass is 244 g/mol. The summed E-state index contributed by atoms with van der Waals surface area (Å²) in [6.45, 7) is 2.55. The highest BCUT2D eigenvalue weighted by atomic mass is 16.5. The minimum atomic E-state index is -0.838. The molecule has 1 heterocycles. The van der Waals surface area contributed by atoms with Gasteiger partial charge in [0.05, 0.1) is 18.4 Å². The van der Waals surface area contributed by atoms with Gasteiger partial charge in [0, 0.05) is 26.2 Å². The Morgan fingerprint density at radius 1 is 1.59 bits per heavy atom. The van der Waals surface area contributed by atoms with Gasteiger partial charge in [0.1, 0.15) is 0 Å². The van der Waals surface area contributed by atoms with E-state index < -0.39 is 11.9 Å². The number of rotatable bonds is 5. The Morgan fingerprint density at radius 2 is 2.24 bits per heavy atom. The molecule has 3 unspecified atom stereocenters. The van der Waals surface area contributed by atoms with Crippen LogP contribution < -0.4 is 5.73 Å². The van der Waals surface area contributed by atoms with Gasteiger partial charge in [0.2, 0.25) is 5.91 Å². The highest BCUT2D eigenvalue weighted by Gasteiger charge is 2.38. The van der Waals surface area contributed by atoms with Gasteiger partial charge in [-0.2, -0.15) is 0 Å². The number of nitrogens with zero attached hydrogens (tertiary/aromatic N) is 1. The van der Waals surface area contributed by atoms with Gasteiger partial charge in [0.15, 0.2) is 0 Å². The zero-order valence-electron chi connectivity index (χ0n) is 10.3. The van der Waals surface area contributed by atoms with Crippen LogP contribution >= 0.6 is 0 Å². The number of methoxy groups -OCH3 is 1. The van der Waals surface area contributed by atoms with Crippen LogP contribution in [-0.2, 0) is 14.3 Å². The third kappa shape index (κ3) is 3.17. The van der Waals surface area contributed by atoms with Crippen molar-refractivity contribution in [2.24, 2.45) is 11.7 Å². The van der Waals surface area contributed by atoms with Crippen LogP contribution in [0.25, 0.3) is 0 Å². The predicted molar refractivity (Wildman–Crippen MR) is 61.4 cm³/mol. The van der Waals surface area contributed by atoms with Crippen molar-refractivity contribution >= 4 is 11.9 Å². The molecule has 17 heavy (non-hydrogen) atoms. The number of aliphatic carboxylic acids is 1. The Kier molecular flexibility index (Phi) is 4.89. The van der Waals surface area contributed by atoms with Gasteiger partial charge < -0.3 is 20.5 Å². The van der Waals surface area contributed by atoms with E-state index in [1.54, 1.807) is 11.8 Å². The van der Waals surface area contributed by atoms with E-state index in [0.717, 1.165) is 0 Å².